The van der Waals surface area contributed by atoms with E-state index in [1.165, 1.54) is 42.5 Å². The predicted molar refractivity (Wildman–Crippen MR) is 123 cm³/mol. The Morgan fingerprint density at radius 3 is 2.06 bits per heavy atom. The van der Waals surface area contributed by atoms with E-state index in [9.17, 15) is 14.4 Å². The molecular weight excluding hydrogens is 444 g/mol. The SMILES string of the molecule is C=CCOC(=O)[C@H](Cc1ccc(OC(=O)Oc2ccc(NO)cc2)cc1)NC(=O)OC(C)(C)C. The summed E-state index contributed by atoms with van der Waals surface area (Å²) in [5, 5.41) is 11.3. The molecule has 0 aliphatic heterocycles. The Bertz CT molecular complexity index is 982. The molecule has 34 heavy (non-hydrogen) atoms. The molecule has 1 atom stereocenters. The molecule has 2 aromatic carbocycles. The summed E-state index contributed by atoms with van der Waals surface area (Å²) >= 11 is 0. The van der Waals surface area contributed by atoms with Gasteiger partial charge in [-0.2, -0.15) is 0 Å². The number of benzene rings is 2. The number of alkyl carbamates (subject to hydrolysis) is 1. The Morgan fingerprint density at radius 2 is 1.56 bits per heavy atom. The van der Waals surface area contributed by atoms with E-state index in [0.717, 1.165) is 0 Å². The first-order chi connectivity index (χ1) is 16.1. The molecule has 0 aliphatic carbocycles. The van der Waals surface area contributed by atoms with E-state index >= 15 is 0 Å². The number of esters is 1. The highest BCUT2D eigenvalue weighted by atomic mass is 16.7. The molecule has 0 radical (unpaired) electrons. The molecule has 0 heterocycles. The van der Waals surface area contributed by atoms with E-state index in [-0.39, 0.29) is 24.5 Å². The van der Waals surface area contributed by atoms with Crippen molar-refractivity contribution in [3.05, 3.63) is 66.7 Å². The standard InChI is InChI=1S/C24H28N2O8/c1-5-14-31-21(27)20(25-22(28)34-24(2,3)4)15-16-6-10-18(11-7-16)32-23(29)33-19-12-8-17(26-30)9-13-19/h5-13,20,26,30H,1,14-15H2,2-4H3,(H,25,28)/t20-/m0/s1. The summed E-state index contributed by atoms with van der Waals surface area (Å²) in [6.45, 7) is 8.63. The normalized spacial score (nSPS) is 11.5. The van der Waals surface area contributed by atoms with Gasteiger partial charge in [0.25, 0.3) is 0 Å². The lowest BCUT2D eigenvalue weighted by Gasteiger charge is -2.23. The van der Waals surface area contributed by atoms with Crippen molar-refractivity contribution in [3.63, 3.8) is 0 Å². The third-order valence-electron chi connectivity index (χ3n) is 4.07. The smallest absolute Gasteiger partial charge is 0.460 e. The number of amides is 1. The molecule has 0 saturated carbocycles. The monoisotopic (exact) mass is 472 g/mol. The third-order valence-corrected chi connectivity index (χ3v) is 4.07. The van der Waals surface area contributed by atoms with Crippen LogP contribution < -0.4 is 20.3 Å². The maximum Gasteiger partial charge on any atom is 0.519 e. The summed E-state index contributed by atoms with van der Waals surface area (Å²) in [7, 11) is 0. The number of anilines is 1. The number of nitrogens with one attached hydrogen (secondary N) is 2. The molecule has 0 unspecified atom stereocenters. The zero-order chi connectivity index (χ0) is 25.1. The van der Waals surface area contributed by atoms with Crippen LogP contribution in [0.5, 0.6) is 11.5 Å². The summed E-state index contributed by atoms with van der Waals surface area (Å²) in [6, 6.07) is 11.3. The van der Waals surface area contributed by atoms with Crippen molar-refractivity contribution in [1.29, 1.82) is 0 Å². The van der Waals surface area contributed by atoms with E-state index in [0.29, 0.717) is 11.3 Å². The van der Waals surface area contributed by atoms with Gasteiger partial charge in [-0.25, -0.2) is 14.4 Å². The lowest BCUT2D eigenvalue weighted by Crippen LogP contribution is -2.45. The van der Waals surface area contributed by atoms with Gasteiger partial charge in [0.2, 0.25) is 0 Å². The van der Waals surface area contributed by atoms with Crippen LogP contribution in [0.15, 0.2) is 61.2 Å². The lowest BCUT2D eigenvalue weighted by molar-refractivity contribution is -0.144. The Morgan fingerprint density at radius 1 is 1.00 bits per heavy atom. The minimum atomic E-state index is -0.997. The Labute approximate surface area is 197 Å². The topological polar surface area (TPSA) is 132 Å². The van der Waals surface area contributed by atoms with Gasteiger partial charge in [-0.05, 0) is 62.7 Å². The Kier molecular flexibility index (Phi) is 9.45. The van der Waals surface area contributed by atoms with Gasteiger partial charge >= 0.3 is 18.2 Å². The van der Waals surface area contributed by atoms with Gasteiger partial charge in [-0.1, -0.05) is 24.8 Å². The first kappa shape index (κ1) is 26.2. The summed E-state index contributed by atoms with van der Waals surface area (Å²) in [5.41, 5.74) is 2.34. The number of carbonyl (C=O) groups is 3. The second-order valence-electron chi connectivity index (χ2n) is 8.06. The lowest BCUT2D eigenvalue weighted by atomic mass is 10.1. The third kappa shape index (κ3) is 9.21. The molecule has 0 spiro atoms. The van der Waals surface area contributed by atoms with E-state index in [1.807, 2.05) is 5.48 Å². The number of carbonyl (C=O) groups excluding carboxylic acids is 3. The molecule has 1 amide bonds. The molecular formula is C24H28N2O8. The van der Waals surface area contributed by atoms with Crippen LogP contribution in [0.25, 0.3) is 0 Å². The average molecular weight is 472 g/mol. The Hall–Kier alpha value is -4.05. The first-order valence-corrected chi connectivity index (χ1v) is 10.4. The zero-order valence-corrected chi connectivity index (χ0v) is 19.2. The number of hydrogen-bond donors (Lipinski definition) is 3. The van der Waals surface area contributed by atoms with E-state index < -0.39 is 29.9 Å². The van der Waals surface area contributed by atoms with Crippen LogP contribution in [0.1, 0.15) is 26.3 Å². The van der Waals surface area contributed by atoms with E-state index in [2.05, 4.69) is 11.9 Å². The fourth-order valence-corrected chi connectivity index (χ4v) is 2.62. The first-order valence-electron chi connectivity index (χ1n) is 10.4. The number of ether oxygens (including phenoxy) is 4. The van der Waals surface area contributed by atoms with Crippen molar-refractivity contribution < 1.29 is 38.5 Å². The summed E-state index contributed by atoms with van der Waals surface area (Å²) < 4.78 is 20.5. The predicted octanol–water partition coefficient (Wildman–Crippen LogP) is 4.23. The minimum Gasteiger partial charge on any atom is -0.460 e. The van der Waals surface area contributed by atoms with Crippen molar-refractivity contribution in [2.45, 2.75) is 38.8 Å². The van der Waals surface area contributed by atoms with E-state index in [4.69, 9.17) is 24.2 Å². The van der Waals surface area contributed by atoms with Gasteiger partial charge < -0.3 is 24.3 Å². The van der Waals surface area contributed by atoms with Crippen LogP contribution in [-0.2, 0) is 20.7 Å². The molecule has 2 aromatic rings. The highest BCUT2D eigenvalue weighted by molar-refractivity contribution is 5.82. The van der Waals surface area contributed by atoms with Crippen LogP contribution in [0, 0.1) is 0 Å². The molecule has 0 saturated heterocycles. The van der Waals surface area contributed by atoms with Gasteiger partial charge in [0.1, 0.15) is 29.7 Å². The van der Waals surface area contributed by atoms with Crippen LogP contribution in [0.3, 0.4) is 0 Å². The van der Waals surface area contributed by atoms with Crippen LogP contribution in [0.2, 0.25) is 0 Å². The fourth-order valence-electron chi connectivity index (χ4n) is 2.62. The van der Waals surface area contributed by atoms with Crippen molar-refractivity contribution in [3.8, 4) is 11.5 Å². The van der Waals surface area contributed by atoms with Gasteiger partial charge in [0.05, 0.1) is 5.69 Å². The molecule has 0 aromatic heterocycles. The second-order valence-corrected chi connectivity index (χ2v) is 8.06. The molecule has 0 aliphatic rings. The van der Waals surface area contributed by atoms with Crippen LogP contribution in [0.4, 0.5) is 15.3 Å². The maximum absolute atomic E-state index is 12.4. The van der Waals surface area contributed by atoms with Crippen molar-refractivity contribution in [2.24, 2.45) is 0 Å². The number of rotatable bonds is 9. The molecule has 182 valence electrons. The van der Waals surface area contributed by atoms with Gasteiger partial charge in [-0.3, -0.25) is 10.7 Å². The van der Waals surface area contributed by atoms with Gasteiger partial charge in [0, 0.05) is 6.42 Å². The molecule has 2 rings (SSSR count). The molecule has 3 N–H and O–H groups in total. The van der Waals surface area contributed by atoms with Crippen LogP contribution >= 0.6 is 0 Å². The minimum absolute atomic E-state index is 0.000536. The fraction of sp³-hybridized carbons (Fsp3) is 0.292. The van der Waals surface area contributed by atoms with Crippen molar-refractivity contribution >= 4 is 23.9 Å². The Balaban J connectivity index is 1.99. The maximum atomic E-state index is 12.4. The molecule has 0 bridgehead atoms. The second kappa shape index (κ2) is 12.3. The highest BCUT2D eigenvalue weighted by Gasteiger charge is 2.26. The van der Waals surface area contributed by atoms with Crippen molar-refractivity contribution in [1.82, 2.24) is 5.32 Å². The van der Waals surface area contributed by atoms with E-state index in [1.54, 1.807) is 32.9 Å². The van der Waals surface area contributed by atoms with Crippen LogP contribution in [-0.4, -0.2) is 41.7 Å². The summed E-state index contributed by atoms with van der Waals surface area (Å²) in [5.74, 6) is -0.194. The van der Waals surface area contributed by atoms with Crippen molar-refractivity contribution in [2.75, 3.05) is 12.1 Å². The quantitative estimate of drug-likeness (QED) is 0.212. The van der Waals surface area contributed by atoms with Gasteiger partial charge in [-0.15, -0.1) is 0 Å². The molecule has 10 heteroatoms. The number of hydrogen-bond acceptors (Lipinski definition) is 9. The molecule has 10 nitrogen and oxygen atoms in total. The zero-order valence-electron chi connectivity index (χ0n) is 19.2. The summed E-state index contributed by atoms with van der Waals surface area (Å²) in [4.78, 5) is 36.5. The largest absolute Gasteiger partial charge is 0.519 e. The molecule has 0 fully saturated rings. The highest BCUT2D eigenvalue weighted by Crippen LogP contribution is 2.18. The average Bonchev–Trinajstić information content (AvgIpc) is 2.77. The summed E-state index contributed by atoms with van der Waals surface area (Å²) in [6.07, 6.45) is -0.162. The van der Waals surface area contributed by atoms with Gasteiger partial charge in [0.15, 0.2) is 0 Å².